The zero-order chi connectivity index (χ0) is 11.5. The van der Waals surface area contributed by atoms with Crippen LogP contribution in [0.4, 0.5) is 0 Å². The second-order valence-corrected chi connectivity index (χ2v) is 5.32. The van der Waals surface area contributed by atoms with Crippen LogP contribution < -0.4 is 0 Å². The Morgan fingerprint density at radius 1 is 1.25 bits per heavy atom. The van der Waals surface area contributed by atoms with Gasteiger partial charge in [0.05, 0.1) is 26.5 Å². The van der Waals surface area contributed by atoms with E-state index in [1.165, 1.54) is 11.3 Å². The minimum atomic E-state index is 0.0407. The molecule has 1 aromatic heterocycles. The van der Waals surface area contributed by atoms with Crippen LogP contribution in [0, 0.1) is 0 Å². The van der Waals surface area contributed by atoms with Gasteiger partial charge < -0.3 is 5.11 Å². The van der Waals surface area contributed by atoms with Crippen molar-refractivity contribution in [3.05, 3.63) is 49.9 Å². The molecule has 2 aromatic rings. The molecule has 0 aliphatic carbocycles. The zero-order valence-corrected chi connectivity index (χ0v) is 10.6. The Morgan fingerprint density at radius 2 is 2.06 bits per heavy atom. The summed E-state index contributed by atoms with van der Waals surface area (Å²) >= 11 is 13.3. The minimum Gasteiger partial charge on any atom is -0.391 e. The summed E-state index contributed by atoms with van der Waals surface area (Å²) in [5.74, 6) is 0. The van der Waals surface area contributed by atoms with Crippen molar-refractivity contribution in [1.82, 2.24) is 4.98 Å². The fourth-order valence-electron chi connectivity index (χ4n) is 1.33. The Bertz CT molecular complexity index is 498. The van der Waals surface area contributed by atoms with E-state index in [4.69, 9.17) is 28.3 Å². The number of hydrogen-bond acceptors (Lipinski definition) is 3. The van der Waals surface area contributed by atoms with Gasteiger partial charge in [-0.3, -0.25) is 0 Å². The molecule has 1 aromatic carbocycles. The van der Waals surface area contributed by atoms with Crippen LogP contribution in [-0.4, -0.2) is 10.1 Å². The molecule has 0 radical (unpaired) electrons. The summed E-state index contributed by atoms with van der Waals surface area (Å²) in [7, 11) is 0. The third-order valence-corrected chi connectivity index (χ3v) is 3.82. The van der Waals surface area contributed by atoms with E-state index in [0.717, 1.165) is 15.4 Å². The molecule has 5 heteroatoms. The van der Waals surface area contributed by atoms with Crippen molar-refractivity contribution in [3.63, 3.8) is 0 Å². The summed E-state index contributed by atoms with van der Waals surface area (Å²) in [6.45, 7) is 0.0407. The highest BCUT2D eigenvalue weighted by Gasteiger charge is 2.04. The topological polar surface area (TPSA) is 33.1 Å². The molecule has 1 heterocycles. The molecule has 16 heavy (non-hydrogen) atoms. The van der Waals surface area contributed by atoms with Crippen molar-refractivity contribution < 1.29 is 5.11 Å². The first-order valence-corrected chi connectivity index (χ1v) is 6.24. The summed E-state index contributed by atoms with van der Waals surface area (Å²) in [4.78, 5) is 5.09. The van der Waals surface area contributed by atoms with Crippen LogP contribution >= 0.6 is 34.5 Å². The van der Waals surface area contributed by atoms with Gasteiger partial charge in [-0.05, 0) is 17.7 Å². The quantitative estimate of drug-likeness (QED) is 0.928. The Labute approximate surface area is 107 Å². The highest BCUT2D eigenvalue weighted by atomic mass is 35.5. The lowest BCUT2D eigenvalue weighted by Crippen LogP contribution is -1.86. The summed E-state index contributed by atoms with van der Waals surface area (Å²) in [5, 5.41) is 11.0. The van der Waals surface area contributed by atoms with Crippen molar-refractivity contribution >= 4 is 34.5 Å². The molecule has 0 spiro atoms. The number of aliphatic hydroxyl groups is 1. The number of benzene rings is 1. The third-order valence-electron chi connectivity index (χ3n) is 2.10. The van der Waals surface area contributed by atoms with E-state index in [2.05, 4.69) is 4.98 Å². The molecule has 0 unspecified atom stereocenters. The van der Waals surface area contributed by atoms with Crippen molar-refractivity contribution in [3.8, 4) is 0 Å². The average Bonchev–Trinajstić information content (AvgIpc) is 2.71. The van der Waals surface area contributed by atoms with Gasteiger partial charge in [0.1, 0.15) is 0 Å². The molecule has 2 nitrogen and oxygen atoms in total. The van der Waals surface area contributed by atoms with Gasteiger partial charge in [0.25, 0.3) is 0 Å². The molecule has 2 rings (SSSR count). The van der Waals surface area contributed by atoms with Gasteiger partial charge in [0.2, 0.25) is 0 Å². The first-order chi connectivity index (χ1) is 7.69. The van der Waals surface area contributed by atoms with Gasteiger partial charge in [-0.1, -0.05) is 29.3 Å². The molecule has 0 atom stereocenters. The number of aromatic nitrogens is 1. The van der Waals surface area contributed by atoms with Crippen LogP contribution in [0.3, 0.4) is 0 Å². The normalized spacial score (nSPS) is 10.7. The molecule has 0 saturated heterocycles. The number of thiazole rings is 1. The molecular weight excluding hydrogens is 265 g/mol. The number of halogens is 2. The Kier molecular flexibility index (Phi) is 3.82. The Hall–Kier alpha value is -0.610. The van der Waals surface area contributed by atoms with Crippen molar-refractivity contribution in [2.45, 2.75) is 13.0 Å². The van der Waals surface area contributed by atoms with Gasteiger partial charge in [-0.2, -0.15) is 0 Å². The SMILES string of the molecule is OCc1cnc(Cc2ccc(Cl)c(Cl)c2)s1. The van der Waals surface area contributed by atoms with Crippen LogP contribution in [0.1, 0.15) is 15.4 Å². The smallest absolute Gasteiger partial charge is 0.0972 e. The van der Waals surface area contributed by atoms with Crippen LogP contribution in [0.25, 0.3) is 0 Å². The second-order valence-electron chi connectivity index (χ2n) is 3.30. The third kappa shape index (κ3) is 2.74. The maximum absolute atomic E-state index is 8.93. The van der Waals surface area contributed by atoms with Gasteiger partial charge >= 0.3 is 0 Å². The zero-order valence-electron chi connectivity index (χ0n) is 8.28. The molecule has 0 amide bonds. The number of hydrogen-bond donors (Lipinski definition) is 1. The molecular formula is C11H9Cl2NOS. The molecule has 0 aliphatic heterocycles. The van der Waals surface area contributed by atoms with E-state index in [1.54, 1.807) is 12.3 Å². The molecule has 0 saturated carbocycles. The van der Waals surface area contributed by atoms with E-state index in [9.17, 15) is 0 Å². The standard InChI is InChI=1S/C11H9Cl2NOS/c12-9-2-1-7(3-10(9)13)4-11-14-5-8(6-15)16-11/h1-3,5,15H,4,6H2. The maximum Gasteiger partial charge on any atom is 0.0972 e. The first-order valence-electron chi connectivity index (χ1n) is 4.67. The van der Waals surface area contributed by atoms with E-state index in [0.29, 0.717) is 16.5 Å². The largest absolute Gasteiger partial charge is 0.391 e. The highest BCUT2D eigenvalue weighted by Crippen LogP contribution is 2.24. The monoisotopic (exact) mass is 273 g/mol. The molecule has 0 aliphatic rings. The summed E-state index contributed by atoms with van der Waals surface area (Å²) in [6.07, 6.45) is 2.40. The van der Waals surface area contributed by atoms with Crippen molar-refractivity contribution in [2.24, 2.45) is 0 Å². The number of rotatable bonds is 3. The summed E-state index contributed by atoms with van der Waals surface area (Å²) in [5.41, 5.74) is 1.06. The van der Waals surface area contributed by atoms with Gasteiger partial charge in [0.15, 0.2) is 0 Å². The fraction of sp³-hybridized carbons (Fsp3) is 0.182. The van der Waals surface area contributed by atoms with Crippen molar-refractivity contribution in [1.29, 1.82) is 0 Å². The minimum absolute atomic E-state index is 0.0407. The van der Waals surface area contributed by atoms with Crippen LogP contribution in [0.2, 0.25) is 10.0 Å². The second kappa shape index (κ2) is 5.15. The molecule has 1 N–H and O–H groups in total. The van der Waals surface area contributed by atoms with Crippen LogP contribution in [0.15, 0.2) is 24.4 Å². The van der Waals surface area contributed by atoms with Gasteiger partial charge in [-0.15, -0.1) is 11.3 Å². The number of aliphatic hydroxyl groups excluding tert-OH is 1. The maximum atomic E-state index is 8.93. The average molecular weight is 274 g/mol. The Balaban J connectivity index is 2.17. The fourth-order valence-corrected chi connectivity index (χ4v) is 2.46. The van der Waals surface area contributed by atoms with E-state index in [1.807, 2.05) is 12.1 Å². The molecule has 0 fully saturated rings. The predicted octanol–water partition coefficient (Wildman–Crippen LogP) is 3.53. The predicted molar refractivity (Wildman–Crippen MR) is 67.3 cm³/mol. The van der Waals surface area contributed by atoms with Crippen LogP contribution in [0.5, 0.6) is 0 Å². The van der Waals surface area contributed by atoms with E-state index >= 15 is 0 Å². The summed E-state index contributed by atoms with van der Waals surface area (Å²) in [6, 6.07) is 5.54. The summed E-state index contributed by atoms with van der Waals surface area (Å²) < 4.78 is 0. The first kappa shape index (κ1) is 11.9. The lowest BCUT2D eigenvalue weighted by molar-refractivity contribution is 0.285. The highest BCUT2D eigenvalue weighted by molar-refractivity contribution is 7.11. The lowest BCUT2D eigenvalue weighted by Gasteiger charge is -2.00. The lowest BCUT2D eigenvalue weighted by atomic mass is 10.2. The van der Waals surface area contributed by atoms with Crippen LogP contribution in [-0.2, 0) is 13.0 Å². The molecule has 0 bridgehead atoms. The molecule has 84 valence electrons. The van der Waals surface area contributed by atoms with Gasteiger partial charge in [0, 0.05) is 12.6 Å². The van der Waals surface area contributed by atoms with Crippen molar-refractivity contribution in [2.75, 3.05) is 0 Å². The Morgan fingerprint density at radius 3 is 2.69 bits per heavy atom. The van der Waals surface area contributed by atoms with Gasteiger partial charge in [-0.25, -0.2) is 4.98 Å². The van der Waals surface area contributed by atoms with E-state index in [-0.39, 0.29) is 6.61 Å². The van der Waals surface area contributed by atoms with E-state index < -0.39 is 0 Å². The number of nitrogens with zero attached hydrogens (tertiary/aromatic N) is 1.